The normalized spacial score (nSPS) is 12.6. The molecular weight excluding hydrogens is 849 g/mol. The van der Waals surface area contributed by atoms with Crippen molar-refractivity contribution in [2.45, 2.75) is 0 Å². The van der Waals surface area contributed by atoms with Gasteiger partial charge in [0.05, 0.1) is 66.5 Å². The van der Waals surface area contributed by atoms with Crippen LogP contribution in [0, 0.1) is 0 Å². The lowest BCUT2D eigenvalue weighted by atomic mass is 9.95. The van der Waals surface area contributed by atoms with E-state index in [4.69, 9.17) is 0 Å². The van der Waals surface area contributed by atoms with Gasteiger partial charge in [0.15, 0.2) is 0 Å². The molecule has 6 aromatic heterocycles. The minimum atomic E-state index is 1.18. The molecule has 0 spiro atoms. The topological polar surface area (TPSA) is 18.7 Å². The van der Waals surface area contributed by atoms with E-state index in [-0.39, 0.29) is 0 Å². The molecule has 0 N–H and O–H groups in total. The van der Waals surface area contributed by atoms with Crippen molar-refractivity contribution in [1.29, 1.82) is 0 Å². The van der Waals surface area contributed by atoms with Crippen molar-refractivity contribution >= 4 is 120 Å². The Labute approximate surface area is 400 Å². The third-order valence-electron chi connectivity index (χ3n) is 15.8. The van der Waals surface area contributed by atoms with Crippen molar-refractivity contribution < 1.29 is 0 Å². The van der Waals surface area contributed by atoms with Crippen LogP contribution in [0.4, 0.5) is 0 Å². The monoisotopic (exact) mass is 886 g/mol. The van der Waals surface area contributed by atoms with E-state index in [0.717, 1.165) is 0 Å². The van der Waals surface area contributed by atoms with Gasteiger partial charge < -0.3 is 17.9 Å². The number of rotatable bonds is 4. The maximum atomic E-state index is 2.57. The lowest BCUT2D eigenvalue weighted by molar-refractivity contribution is 1.18. The molecular formula is C66H38N4. The fraction of sp³-hybridized carbons (Fsp3) is 0. The van der Waals surface area contributed by atoms with E-state index in [1.807, 2.05) is 0 Å². The predicted molar refractivity (Wildman–Crippen MR) is 295 cm³/mol. The Morgan fingerprint density at radius 1 is 0.214 bits per heavy atom. The van der Waals surface area contributed by atoms with E-state index < -0.39 is 0 Å². The van der Waals surface area contributed by atoms with Crippen molar-refractivity contribution in [1.82, 2.24) is 17.9 Å². The second kappa shape index (κ2) is 13.2. The van der Waals surface area contributed by atoms with E-state index in [2.05, 4.69) is 248 Å². The standard InChI is InChI=1S/C66H38N4/c1-9-25-51(67-53-27-11-3-19-43(53)44-20-4-12-28-54(44)67)41(17-1)39-33-35-59-49(37-39)63-61-47-23-7-16-32-58(47)70-60-36-34-40(38-50(60)64(66(61)70)62-48-24-8-15-31-57(48)69(59)65(62)63)42-18-2-10-26-52(42)68-55-29-13-5-21-45(55)46-22-6-14-30-56(46)68/h1-38H. The van der Waals surface area contributed by atoms with E-state index >= 15 is 0 Å². The van der Waals surface area contributed by atoms with Crippen LogP contribution in [0.1, 0.15) is 0 Å². The Balaban J connectivity index is 0.980. The number of hydrogen-bond donors (Lipinski definition) is 0. The quantitative estimate of drug-likeness (QED) is 0.168. The molecule has 0 fully saturated rings. The summed E-state index contributed by atoms with van der Waals surface area (Å²) in [4.78, 5) is 0. The second-order valence-electron chi connectivity index (χ2n) is 19.1. The molecule has 0 saturated carbocycles. The molecule has 322 valence electrons. The van der Waals surface area contributed by atoms with Gasteiger partial charge >= 0.3 is 0 Å². The molecule has 0 saturated heterocycles. The van der Waals surface area contributed by atoms with Crippen molar-refractivity contribution in [3.05, 3.63) is 231 Å². The summed E-state index contributed by atoms with van der Waals surface area (Å²) in [5.74, 6) is 0. The van der Waals surface area contributed by atoms with E-state index in [1.54, 1.807) is 0 Å². The van der Waals surface area contributed by atoms with Crippen LogP contribution in [0.3, 0.4) is 0 Å². The molecule has 11 aromatic carbocycles. The first-order valence-corrected chi connectivity index (χ1v) is 24.3. The number of hydrogen-bond acceptors (Lipinski definition) is 0. The van der Waals surface area contributed by atoms with Crippen LogP contribution in [-0.4, -0.2) is 17.9 Å². The zero-order chi connectivity index (χ0) is 45.3. The predicted octanol–water partition coefficient (Wildman–Crippen LogP) is 17.5. The summed E-state index contributed by atoms with van der Waals surface area (Å²) in [5, 5.41) is 15.4. The largest absolute Gasteiger partial charge is 0.309 e. The van der Waals surface area contributed by atoms with Gasteiger partial charge in [-0.05, 0) is 83.9 Å². The summed E-state index contributed by atoms with van der Waals surface area (Å²) in [7, 11) is 0. The van der Waals surface area contributed by atoms with Gasteiger partial charge in [0.2, 0.25) is 0 Å². The van der Waals surface area contributed by atoms with E-state index in [1.165, 1.54) is 153 Å². The summed E-state index contributed by atoms with van der Waals surface area (Å²) >= 11 is 0. The van der Waals surface area contributed by atoms with Crippen LogP contribution >= 0.6 is 0 Å². The fourth-order valence-corrected chi connectivity index (χ4v) is 13.1. The summed E-state index contributed by atoms with van der Waals surface area (Å²) in [5.41, 5.74) is 19.5. The second-order valence-corrected chi connectivity index (χ2v) is 19.1. The molecule has 0 aliphatic heterocycles. The molecule has 4 heteroatoms. The highest BCUT2D eigenvalue weighted by Crippen LogP contribution is 2.53. The van der Waals surface area contributed by atoms with Crippen LogP contribution in [0.15, 0.2) is 231 Å². The smallest absolute Gasteiger partial charge is 0.0634 e. The first kappa shape index (κ1) is 36.7. The summed E-state index contributed by atoms with van der Waals surface area (Å²) in [6.45, 7) is 0. The van der Waals surface area contributed by atoms with Crippen molar-refractivity contribution in [2.75, 3.05) is 0 Å². The Bertz CT molecular complexity index is 4650. The molecule has 0 unspecified atom stereocenters. The molecule has 0 radical (unpaired) electrons. The number of benzene rings is 11. The number of para-hydroxylation sites is 8. The van der Waals surface area contributed by atoms with Crippen LogP contribution < -0.4 is 0 Å². The minimum Gasteiger partial charge on any atom is -0.309 e. The third kappa shape index (κ3) is 4.47. The number of fused-ring (bicyclic) bond motifs is 20. The number of nitrogens with zero attached hydrogens (tertiary/aromatic N) is 4. The van der Waals surface area contributed by atoms with Gasteiger partial charge in [-0.25, -0.2) is 0 Å². The SMILES string of the molecule is c1ccc(-n2c3ccccc3c3ccccc32)c(-c2ccc3c(c2)c2c4c5ccccc5n5c6ccc(-c7ccccc7-n7c8ccccc8c8ccccc87)cc6c(c6c7ccccc7n3c62)c45)c1. The lowest BCUT2D eigenvalue weighted by Crippen LogP contribution is -1.97. The fourth-order valence-electron chi connectivity index (χ4n) is 13.1. The third-order valence-corrected chi connectivity index (χ3v) is 15.8. The van der Waals surface area contributed by atoms with Crippen LogP contribution in [-0.2, 0) is 0 Å². The number of aromatic nitrogens is 4. The van der Waals surface area contributed by atoms with E-state index in [0.29, 0.717) is 0 Å². The van der Waals surface area contributed by atoms with Gasteiger partial charge in [-0.15, -0.1) is 0 Å². The van der Waals surface area contributed by atoms with Gasteiger partial charge in [-0.3, -0.25) is 0 Å². The van der Waals surface area contributed by atoms with E-state index in [9.17, 15) is 0 Å². The molecule has 0 bridgehead atoms. The van der Waals surface area contributed by atoms with Crippen LogP contribution in [0.2, 0.25) is 0 Å². The first-order chi connectivity index (χ1) is 34.8. The highest BCUT2D eigenvalue weighted by atomic mass is 15.0. The lowest BCUT2D eigenvalue weighted by Gasteiger charge is -2.14. The van der Waals surface area contributed by atoms with Crippen LogP contribution in [0.25, 0.3) is 153 Å². The van der Waals surface area contributed by atoms with Crippen molar-refractivity contribution in [2.24, 2.45) is 0 Å². The minimum absolute atomic E-state index is 1.18. The van der Waals surface area contributed by atoms with Gasteiger partial charge in [-0.1, -0.05) is 158 Å². The maximum Gasteiger partial charge on any atom is 0.0634 e. The average molecular weight is 887 g/mol. The van der Waals surface area contributed by atoms with Gasteiger partial charge in [0, 0.05) is 75.8 Å². The van der Waals surface area contributed by atoms with Crippen molar-refractivity contribution in [3.8, 4) is 33.6 Å². The molecule has 17 aromatic rings. The van der Waals surface area contributed by atoms with Crippen LogP contribution in [0.5, 0.6) is 0 Å². The average Bonchev–Trinajstić information content (AvgIpc) is 4.26. The zero-order valence-corrected chi connectivity index (χ0v) is 37.7. The Kier molecular flexibility index (Phi) is 6.92. The van der Waals surface area contributed by atoms with Crippen molar-refractivity contribution in [3.63, 3.8) is 0 Å². The molecule has 0 aliphatic rings. The Morgan fingerprint density at radius 3 is 0.886 bits per heavy atom. The highest BCUT2D eigenvalue weighted by molar-refractivity contribution is 6.45. The summed E-state index contributed by atoms with van der Waals surface area (Å²) < 4.78 is 10.1. The highest BCUT2D eigenvalue weighted by Gasteiger charge is 2.29. The molecule has 17 rings (SSSR count). The molecule has 6 heterocycles. The summed E-state index contributed by atoms with van der Waals surface area (Å²) in [6.07, 6.45) is 0. The molecule has 0 atom stereocenters. The Morgan fingerprint density at radius 2 is 0.500 bits per heavy atom. The summed E-state index contributed by atoms with van der Waals surface area (Å²) in [6, 6.07) is 85.7. The molecule has 70 heavy (non-hydrogen) atoms. The van der Waals surface area contributed by atoms with Gasteiger partial charge in [0.25, 0.3) is 0 Å². The molecule has 4 nitrogen and oxygen atoms in total. The van der Waals surface area contributed by atoms with Gasteiger partial charge in [-0.2, -0.15) is 0 Å². The molecule has 0 aliphatic carbocycles. The first-order valence-electron chi connectivity index (χ1n) is 24.3. The Hall–Kier alpha value is -9.38. The molecule has 0 amide bonds. The van der Waals surface area contributed by atoms with Gasteiger partial charge in [0.1, 0.15) is 0 Å². The maximum absolute atomic E-state index is 2.57. The zero-order valence-electron chi connectivity index (χ0n) is 37.7.